The molecule has 3 N–H and O–H groups in total. The molecular weight excluding hydrogens is 791 g/mol. The summed E-state index contributed by atoms with van der Waals surface area (Å²) >= 11 is 0. The lowest BCUT2D eigenvalue weighted by Gasteiger charge is -2.36. The molecule has 2 aromatic rings. The number of benzene rings is 1. The van der Waals surface area contributed by atoms with E-state index in [0.717, 1.165) is 38.5 Å². The number of aromatic nitrogens is 2. The maximum atomic E-state index is 14.8. The summed E-state index contributed by atoms with van der Waals surface area (Å²) in [6.45, 7) is 9.02. The van der Waals surface area contributed by atoms with Crippen LogP contribution in [-0.2, 0) is 35.6 Å². The number of aryl methyl sites for hydroxylation is 1. The predicted octanol–water partition coefficient (Wildman–Crippen LogP) is 4.57. The molecule has 59 heavy (non-hydrogen) atoms. The normalized spacial score (nSPS) is 30.5. The molecule has 3 heterocycles. The number of halogens is 2. The number of alkyl carbamates (subject to hydrolysis) is 1. The first-order valence-corrected chi connectivity index (χ1v) is 22.1. The van der Waals surface area contributed by atoms with Gasteiger partial charge in [-0.05, 0) is 74.8 Å². The third-order valence-electron chi connectivity index (χ3n) is 12.5. The molecule has 8 atom stereocenters. The minimum atomic E-state index is -4.14. The molecule has 5 aliphatic rings. The first kappa shape index (κ1) is 42.5. The minimum Gasteiger partial charge on any atom is -0.497 e. The maximum Gasteiger partial charge on any atom is 0.408 e. The lowest BCUT2D eigenvalue weighted by Crippen LogP contribution is -2.60. The smallest absolute Gasteiger partial charge is 0.408 e. The Labute approximate surface area is 342 Å². The van der Waals surface area contributed by atoms with Crippen LogP contribution in [-0.4, -0.2) is 102 Å². The Hall–Kier alpha value is -4.61. The number of carbonyl (C=O) groups excluding carboxylic acids is 4. The van der Waals surface area contributed by atoms with Crippen molar-refractivity contribution in [2.75, 3.05) is 13.7 Å². The molecule has 1 aromatic carbocycles. The molecule has 0 unspecified atom stereocenters. The molecule has 322 valence electrons. The van der Waals surface area contributed by atoms with Crippen molar-refractivity contribution in [1.29, 1.82) is 0 Å². The quantitative estimate of drug-likeness (QED) is 0.315. The van der Waals surface area contributed by atoms with E-state index in [-0.39, 0.29) is 30.7 Å². The van der Waals surface area contributed by atoms with Crippen LogP contribution < -0.4 is 24.8 Å². The summed E-state index contributed by atoms with van der Waals surface area (Å²) in [5.41, 5.74) is -1.46. The standard InChI is InChI=1S/C41H54F2N6O9S/c1-6-22-12-13-23-10-8-7-9-11-29-36(45-30-18-24(56-5)14-17-28(30)44-29)57-25-19-31(49(21-25)37(51)33(40(2,3)4)46-39(53)58-32(22)23)35(50)47-41(20-27(41)34(42)43)38(52)48-59(54,55)26-15-16-26/h6,14,17-18,22-23,25-27,31-34H,1,7-13,15-16,19-21H2,2-5H3,(H,46,53)(H,47,50)(H,48,52)/t22-,23-,25-,27+,31+,32-,33-,41-/m1/s1. The summed E-state index contributed by atoms with van der Waals surface area (Å²) in [4.78, 5) is 67.3. The lowest BCUT2D eigenvalue weighted by atomic mass is 9.85. The summed E-state index contributed by atoms with van der Waals surface area (Å²) < 4.78 is 73.8. The summed E-state index contributed by atoms with van der Waals surface area (Å²) in [5.74, 6) is -3.78. The second-order valence-corrected chi connectivity index (χ2v) is 19.7. The van der Waals surface area contributed by atoms with Gasteiger partial charge in [0.25, 0.3) is 5.91 Å². The highest BCUT2D eigenvalue weighted by atomic mass is 32.2. The molecule has 0 spiro atoms. The fraction of sp³-hybridized carbons (Fsp3) is 0.659. The second kappa shape index (κ2) is 16.4. The summed E-state index contributed by atoms with van der Waals surface area (Å²) in [6, 6.07) is 2.68. The van der Waals surface area contributed by atoms with E-state index < -0.39 is 93.1 Å². The van der Waals surface area contributed by atoms with Crippen LogP contribution in [0.5, 0.6) is 11.6 Å². The van der Waals surface area contributed by atoms with Gasteiger partial charge in [0, 0.05) is 18.4 Å². The molecule has 2 aliphatic heterocycles. The maximum absolute atomic E-state index is 14.8. The summed E-state index contributed by atoms with van der Waals surface area (Å²) in [6.07, 6.45) is 2.05. The van der Waals surface area contributed by atoms with E-state index >= 15 is 0 Å². The number of hydrogen-bond donors (Lipinski definition) is 3. The van der Waals surface area contributed by atoms with Crippen LogP contribution in [0.1, 0.15) is 90.7 Å². The Bertz CT molecular complexity index is 2100. The van der Waals surface area contributed by atoms with E-state index in [1.54, 1.807) is 45.0 Å². The average Bonchev–Trinajstić information content (AvgIpc) is 4.09. The Morgan fingerprint density at radius 3 is 2.49 bits per heavy atom. The first-order valence-electron chi connectivity index (χ1n) is 20.5. The van der Waals surface area contributed by atoms with Crippen LogP contribution in [0.25, 0.3) is 11.0 Å². The Balaban J connectivity index is 1.24. The van der Waals surface area contributed by atoms with Crippen molar-refractivity contribution in [3.63, 3.8) is 0 Å². The van der Waals surface area contributed by atoms with Gasteiger partial charge in [-0.3, -0.25) is 19.1 Å². The van der Waals surface area contributed by atoms with Gasteiger partial charge in [-0.1, -0.05) is 39.7 Å². The number of methoxy groups -OCH3 is 1. The zero-order valence-corrected chi connectivity index (χ0v) is 34.7. The number of rotatable bonds is 8. The highest BCUT2D eigenvalue weighted by molar-refractivity contribution is 7.91. The highest BCUT2D eigenvalue weighted by Crippen LogP contribution is 2.48. The van der Waals surface area contributed by atoms with Crippen molar-refractivity contribution in [3.05, 3.63) is 36.5 Å². The van der Waals surface area contributed by atoms with Gasteiger partial charge in [-0.2, -0.15) is 0 Å². The van der Waals surface area contributed by atoms with Gasteiger partial charge in [-0.25, -0.2) is 32.0 Å². The van der Waals surface area contributed by atoms with Gasteiger partial charge in [0.2, 0.25) is 34.1 Å². The number of nitrogens with one attached hydrogen (secondary N) is 3. The van der Waals surface area contributed by atoms with Gasteiger partial charge < -0.3 is 29.7 Å². The SMILES string of the molecule is C=C[C@@H]1CC[C@H]2CCCCCc3nc4ccc(OC)cc4nc3O[C@@H]3C[C@@H](C(=O)N[C@]4(C(=O)NS(=O)(=O)C5CC5)C[C@H]4C(F)F)N(C3)C(=O)[C@H](C(C)(C)C)NC(=O)O[C@@H]21. The van der Waals surface area contributed by atoms with Gasteiger partial charge in [0.1, 0.15) is 41.3 Å². The Morgan fingerprint density at radius 1 is 1.07 bits per heavy atom. The Morgan fingerprint density at radius 2 is 1.83 bits per heavy atom. The second-order valence-electron chi connectivity index (χ2n) is 17.7. The summed E-state index contributed by atoms with van der Waals surface area (Å²) in [5, 5.41) is 4.41. The van der Waals surface area contributed by atoms with Crippen molar-refractivity contribution in [3.8, 4) is 11.6 Å². The van der Waals surface area contributed by atoms with Crippen LogP contribution in [0.2, 0.25) is 0 Å². The molecular formula is C41H54F2N6O9S. The molecule has 3 aliphatic carbocycles. The molecule has 2 bridgehead atoms. The zero-order valence-electron chi connectivity index (χ0n) is 33.9. The van der Waals surface area contributed by atoms with Gasteiger partial charge >= 0.3 is 6.09 Å². The average molecular weight is 845 g/mol. The molecule has 3 saturated carbocycles. The molecule has 4 fully saturated rings. The fourth-order valence-corrected chi connectivity index (χ4v) is 10.2. The van der Waals surface area contributed by atoms with Gasteiger partial charge in [0.15, 0.2) is 0 Å². The van der Waals surface area contributed by atoms with E-state index in [1.165, 1.54) is 12.0 Å². The molecule has 1 saturated heterocycles. The van der Waals surface area contributed by atoms with Gasteiger partial charge in [-0.15, -0.1) is 6.58 Å². The van der Waals surface area contributed by atoms with Crippen molar-refractivity contribution >= 4 is 44.9 Å². The Kier molecular flexibility index (Phi) is 11.9. The zero-order chi connectivity index (χ0) is 42.4. The molecule has 4 amide bonds. The summed E-state index contributed by atoms with van der Waals surface area (Å²) in [7, 11) is -2.61. The molecule has 1 aromatic heterocycles. The highest BCUT2D eigenvalue weighted by Gasteiger charge is 2.67. The monoisotopic (exact) mass is 844 g/mol. The number of sulfonamides is 1. The molecule has 7 rings (SSSR count). The van der Waals surface area contributed by atoms with Crippen molar-refractivity contribution in [2.24, 2.45) is 23.2 Å². The van der Waals surface area contributed by atoms with Crippen LogP contribution >= 0.6 is 0 Å². The fourth-order valence-electron chi connectivity index (χ4n) is 8.80. The van der Waals surface area contributed by atoms with E-state index in [1.807, 2.05) is 4.72 Å². The van der Waals surface area contributed by atoms with E-state index in [2.05, 4.69) is 17.2 Å². The number of fused-ring (bicyclic) bond motifs is 5. The topological polar surface area (TPSA) is 195 Å². The number of alkyl halides is 2. The first-order chi connectivity index (χ1) is 27.9. The third-order valence-corrected chi connectivity index (χ3v) is 14.3. The van der Waals surface area contributed by atoms with Crippen molar-refractivity contribution in [2.45, 2.75) is 133 Å². The van der Waals surface area contributed by atoms with E-state index in [0.29, 0.717) is 41.7 Å². The number of hydrogen-bond acceptors (Lipinski definition) is 11. The van der Waals surface area contributed by atoms with Crippen molar-refractivity contribution < 1.29 is 50.6 Å². The largest absolute Gasteiger partial charge is 0.497 e. The van der Waals surface area contributed by atoms with Crippen LogP contribution in [0.15, 0.2) is 30.9 Å². The van der Waals surface area contributed by atoms with Crippen LogP contribution in [0, 0.1) is 23.2 Å². The van der Waals surface area contributed by atoms with E-state index in [9.17, 15) is 36.4 Å². The number of nitrogens with zero attached hydrogens (tertiary/aromatic N) is 3. The van der Waals surface area contributed by atoms with Crippen LogP contribution in [0.3, 0.4) is 0 Å². The third kappa shape index (κ3) is 8.97. The lowest BCUT2D eigenvalue weighted by molar-refractivity contribution is -0.143. The number of amides is 4. The van der Waals surface area contributed by atoms with Crippen LogP contribution in [0.4, 0.5) is 13.6 Å². The molecule has 15 nitrogen and oxygen atoms in total. The van der Waals surface area contributed by atoms with Gasteiger partial charge in [0.05, 0.1) is 35.9 Å². The number of ether oxygens (including phenoxy) is 3. The predicted molar refractivity (Wildman–Crippen MR) is 211 cm³/mol. The number of carbonyl (C=O) groups is 4. The van der Waals surface area contributed by atoms with E-state index in [4.69, 9.17) is 24.2 Å². The minimum absolute atomic E-state index is 0.0676. The molecule has 18 heteroatoms. The molecule has 0 radical (unpaired) electrons. The van der Waals surface area contributed by atoms with Crippen molar-refractivity contribution in [1.82, 2.24) is 30.2 Å².